The molecule has 0 heterocycles. The average molecular weight is 267 g/mol. The highest BCUT2D eigenvalue weighted by Crippen LogP contribution is 2.44. The molecule has 4 nitrogen and oxygen atoms in total. The molecule has 0 unspecified atom stereocenters. The van der Waals surface area contributed by atoms with Gasteiger partial charge in [0.2, 0.25) is 0 Å². The second-order valence-electron chi connectivity index (χ2n) is 6.12. The van der Waals surface area contributed by atoms with Crippen LogP contribution >= 0.6 is 0 Å². The minimum absolute atomic E-state index is 0.415. The van der Waals surface area contributed by atoms with Crippen molar-refractivity contribution in [3.63, 3.8) is 0 Å². The fourth-order valence-corrected chi connectivity index (χ4v) is 2.63. The number of guanidine groups is 1. The maximum absolute atomic E-state index is 5.24. The van der Waals surface area contributed by atoms with Crippen LogP contribution in [-0.2, 0) is 4.74 Å². The molecule has 2 rings (SSSR count). The van der Waals surface area contributed by atoms with Crippen molar-refractivity contribution in [1.29, 1.82) is 0 Å². The standard InChI is InChI=1S/C15H29N3O/c1-3-16-14(17-11-13-5-6-13)18-12-15(7-4-8-15)9-10-19-2/h13H,3-12H2,1-2H3,(H2,16,17,18). The molecule has 110 valence electrons. The number of hydrogen-bond acceptors (Lipinski definition) is 2. The molecular formula is C15H29N3O. The zero-order valence-corrected chi connectivity index (χ0v) is 12.5. The summed E-state index contributed by atoms with van der Waals surface area (Å²) in [7, 11) is 1.79. The third-order valence-electron chi connectivity index (χ3n) is 4.42. The molecule has 2 saturated carbocycles. The predicted octanol–water partition coefficient (Wildman–Crippen LogP) is 2.16. The molecule has 19 heavy (non-hydrogen) atoms. The van der Waals surface area contributed by atoms with Gasteiger partial charge in [0.25, 0.3) is 0 Å². The summed E-state index contributed by atoms with van der Waals surface area (Å²) < 4.78 is 5.24. The number of nitrogens with zero attached hydrogens (tertiary/aromatic N) is 1. The Morgan fingerprint density at radius 3 is 2.63 bits per heavy atom. The van der Waals surface area contributed by atoms with E-state index in [0.717, 1.165) is 44.5 Å². The van der Waals surface area contributed by atoms with Crippen LogP contribution in [0, 0.1) is 11.3 Å². The van der Waals surface area contributed by atoms with E-state index >= 15 is 0 Å². The third kappa shape index (κ3) is 4.68. The molecule has 2 aliphatic rings. The lowest BCUT2D eigenvalue weighted by molar-refractivity contribution is 0.0778. The summed E-state index contributed by atoms with van der Waals surface area (Å²) in [5.41, 5.74) is 0.415. The Hall–Kier alpha value is -0.770. The molecule has 0 spiro atoms. The van der Waals surface area contributed by atoms with Crippen LogP contribution in [0.5, 0.6) is 0 Å². The van der Waals surface area contributed by atoms with Gasteiger partial charge in [-0.2, -0.15) is 0 Å². The lowest BCUT2D eigenvalue weighted by Gasteiger charge is -2.40. The van der Waals surface area contributed by atoms with Crippen molar-refractivity contribution in [3.05, 3.63) is 0 Å². The third-order valence-corrected chi connectivity index (χ3v) is 4.42. The van der Waals surface area contributed by atoms with Gasteiger partial charge in [0.15, 0.2) is 5.96 Å². The Morgan fingerprint density at radius 1 is 1.32 bits per heavy atom. The van der Waals surface area contributed by atoms with Gasteiger partial charge >= 0.3 is 0 Å². The molecule has 2 aliphatic carbocycles. The topological polar surface area (TPSA) is 45.7 Å². The van der Waals surface area contributed by atoms with Gasteiger partial charge in [0.05, 0.1) is 0 Å². The quantitative estimate of drug-likeness (QED) is 0.523. The Bertz CT molecular complexity index is 296. The van der Waals surface area contributed by atoms with Crippen molar-refractivity contribution in [3.8, 4) is 0 Å². The molecule has 0 aliphatic heterocycles. The second-order valence-corrected chi connectivity index (χ2v) is 6.12. The summed E-state index contributed by atoms with van der Waals surface area (Å²) in [5, 5.41) is 6.82. The molecule has 0 aromatic rings. The Labute approximate surface area is 117 Å². The van der Waals surface area contributed by atoms with Gasteiger partial charge in [-0.3, -0.25) is 4.99 Å². The fraction of sp³-hybridized carbons (Fsp3) is 0.933. The largest absolute Gasteiger partial charge is 0.385 e. The first-order valence-electron chi connectivity index (χ1n) is 7.79. The highest BCUT2D eigenvalue weighted by atomic mass is 16.5. The molecule has 2 fully saturated rings. The van der Waals surface area contributed by atoms with Gasteiger partial charge in [-0.15, -0.1) is 0 Å². The summed E-state index contributed by atoms with van der Waals surface area (Å²) in [4.78, 5) is 4.80. The van der Waals surface area contributed by atoms with Crippen LogP contribution in [0.1, 0.15) is 45.4 Å². The second kappa shape index (κ2) is 7.13. The molecule has 0 amide bonds. The van der Waals surface area contributed by atoms with E-state index in [9.17, 15) is 0 Å². The van der Waals surface area contributed by atoms with E-state index in [1.807, 2.05) is 0 Å². The maximum atomic E-state index is 5.24. The summed E-state index contributed by atoms with van der Waals surface area (Å²) in [6.45, 7) is 5.94. The van der Waals surface area contributed by atoms with Crippen LogP contribution < -0.4 is 10.6 Å². The lowest BCUT2D eigenvalue weighted by atomic mass is 9.67. The predicted molar refractivity (Wildman–Crippen MR) is 79.5 cm³/mol. The van der Waals surface area contributed by atoms with Crippen molar-refractivity contribution in [2.24, 2.45) is 16.3 Å². The van der Waals surface area contributed by atoms with Crippen molar-refractivity contribution < 1.29 is 4.74 Å². The van der Waals surface area contributed by atoms with Crippen molar-refractivity contribution in [2.45, 2.75) is 45.4 Å². The number of ether oxygens (including phenoxy) is 1. The number of hydrogen-bond donors (Lipinski definition) is 2. The van der Waals surface area contributed by atoms with Crippen molar-refractivity contribution in [1.82, 2.24) is 10.6 Å². The van der Waals surface area contributed by atoms with Crippen LogP contribution in [0.3, 0.4) is 0 Å². The number of nitrogens with one attached hydrogen (secondary N) is 2. The van der Waals surface area contributed by atoms with Gasteiger partial charge in [0.1, 0.15) is 0 Å². The minimum atomic E-state index is 0.415. The van der Waals surface area contributed by atoms with Gasteiger partial charge < -0.3 is 15.4 Å². The van der Waals surface area contributed by atoms with E-state index in [2.05, 4.69) is 17.6 Å². The Balaban J connectivity index is 1.80. The first-order valence-corrected chi connectivity index (χ1v) is 7.79. The minimum Gasteiger partial charge on any atom is -0.385 e. The van der Waals surface area contributed by atoms with Crippen LogP contribution in [0.4, 0.5) is 0 Å². The average Bonchev–Trinajstić information content (AvgIpc) is 3.18. The molecule has 0 atom stereocenters. The molecular weight excluding hydrogens is 238 g/mol. The Morgan fingerprint density at radius 2 is 2.11 bits per heavy atom. The lowest BCUT2D eigenvalue weighted by Crippen LogP contribution is -2.41. The van der Waals surface area contributed by atoms with E-state index in [1.165, 1.54) is 32.1 Å². The van der Waals surface area contributed by atoms with E-state index in [-0.39, 0.29) is 0 Å². The van der Waals surface area contributed by atoms with E-state index < -0.39 is 0 Å². The zero-order valence-electron chi connectivity index (χ0n) is 12.5. The van der Waals surface area contributed by atoms with E-state index in [4.69, 9.17) is 9.73 Å². The number of aliphatic imine (C=N–C) groups is 1. The normalized spacial score (nSPS) is 21.9. The highest BCUT2D eigenvalue weighted by molar-refractivity contribution is 5.79. The summed E-state index contributed by atoms with van der Waals surface area (Å²) >= 11 is 0. The van der Waals surface area contributed by atoms with Crippen LogP contribution in [0.25, 0.3) is 0 Å². The molecule has 0 aromatic heterocycles. The molecule has 0 saturated heterocycles. The summed E-state index contributed by atoms with van der Waals surface area (Å²) in [5.74, 6) is 1.88. The van der Waals surface area contributed by atoms with Gasteiger partial charge in [-0.25, -0.2) is 0 Å². The zero-order chi connectivity index (χ0) is 13.6. The van der Waals surface area contributed by atoms with E-state index in [1.54, 1.807) is 7.11 Å². The summed E-state index contributed by atoms with van der Waals surface area (Å²) in [6.07, 6.45) is 7.87. The fourth-order valence-electron chi connectivity index (χ4n) is 2.63. The highest BCUT2D eigenvalue weighted by Gasteiger charge is 2.36. The van der Waals surface area contributed by atoms with Crippen LogP contribution in [0.2, 0.25) is 0 Å². The van der Waals surface area contributed by atoms with Gasteiger partial charge in [0, 0.05) is 33.4 Å². The van der Waals surface area contributed by atoms with Crippen molar-refractivity contribution in [2.75, 3.05) is 33.4 Å². The smallest absolute Gasteiger partial charge is 0.191 e. The van der Waals surface area contributed by atoms with Crippen LogP contribution in [0.15, 0.2) is 4.99 Å². The Kier molecular flexibility index (Phi) is 5.49. The van der Waals surface area contributed by atoms with Gasteiger partial charge in [-0.05, 0) is 50.4 Å². The van der Waals surface area contributed by atoms with E-state index in [0.29, 0.717) is 5.41 Å². The molecule has 0 aromatic carbocycles. The van der Waals surface area contributed by atoms with Crippen molar-refractivity contribution >= 4 is 5.96 Å². The molecule has 2 N–H and O–H groups in total. The first-order chi connectivity index (χ1) is 9.28. The molecule has 4 heteroatoms. The molecule has 0 bridgehead atoms. The van der Waals surface area contributed by atoms with Crippen LogP contribution in [-0.4, -0.2) is 39.3 Å². The van der Waals surface area contributed by atoms with Gasteiger partial charge in [-0.1, -0.05) is 6.42 Å². The summed E-state index contributed by atoms with van der Waals surface area (Å²) in [6, 6.07) is 0. The monoisotopic (exact) mass is 267 g/mol. The first kappa shape index (κ1) is 14.6. The molecule has 0 radical (unpaired) electrons. The SMILES string of the molecule is CCNC(=NCC1(CCOC)CCC1)NCC1CC1. The maximum Gasteiger partial charge on any atom is 0.191 e. The number of rotatable bonds is 8. The number of methoxy groups -OCH3 is 1.